The van der Waals surface area contributed by atoms with Crippen LogP contribution in [0.2, 0.25) is 0 Å². The van der Waals surface area contributed by atoms with Crippen LogP contribution >= 0.6 is 19.4 Å². The number of rotatable bonds is 9. The van der Waals surface area contributed by atoms with Gasteiger partial charge in [-0.25, -0.2) is 4.68 Å². The van der Waals surface area contributed by atoms with Crippen LogP contribution in [0.5, 0.6) is 0 Å². The van der Waals surface area contributed by atoms with E-state index in [9.17, 15) is 9.36 Å². The molecule has 174 valence electrons. The molecule has 0 aliphatic carbocycles. The predicted molar refractivity (Wildman–Crippen MR) is 137 cm³/mol. The third-order valence-electron chi connectivity index (χ3n) is 5.46. The molecule has 0 radical (unpaired) electrons. The molecule has 0 unspecified atom stereocenters. The van der Waals surface area contributed by atoms with Gasteiger partial charge in [0, 0.05) is 16.3 Å². The molecule has 0 amide bonds. The molecule has 1 aromatic heterocycles. The van der Waals surface area contributed by atoms with Crippen LogP contribution in [0.4, 0.5) is 0 Å². The summed E-state index contributed by atoms with van der Waals surface area (Å²) in [5, 5.41) is 6.26. The molecule has 0 saturated carbocycles. The molecule has 4 rings (SSSR count). The fourth-order valence-electron chi connectivity index (χ4n) is 3.84. The lowest BCUT2D eigenvalue weighted by Crippen LogP contribution is -2.19. The topological polar surface area (TPSA) is 66.1 Å². The Morgan fingerprint density at radius 1 is 0.912 bits per heavy atom. The second-order valence-corrected chi connectivity index (χ2v) is 10.9. The second kappa shape index (κ2) is 10.8. The summed E-state index contributed by atoms with van der Waals surface area (Å²) in [6.45, 7) is 2.38. The number of aromatic nitrogens is 3. The Bertz CT molecular complexity index is 1310. The van der Waals surface area contributed by atoms with Crippen LogP contribution in [-0.4, -0.2) is 26.9 Å². The highest BCUT2D eigenvalue weighted by molar-refractivity contribution is 7.78. The maximum absolute atomic E-state index is 14.7. The van der Waals surface area contributed by atoms with Crippen molar-refractivity contribution in [2.45, 2.75) is 26.1 Å². The molecule has 0 bridgehead atoms. The fourth-order valence-corrected chi connectivity index (χ4v) is 6.75. The quantitative estimate of drug-likeness (QED) is 0.190. The summed E-state index contributed by atoms with van der Waals surface area (Å²) < 4.78 is 23.6. The van der Waals surface area contributed by atoms with Gasteiger partial charge in [0.1, 0.15) is 5.82 Å². The molecular formula is C26H26N3O3PS. The van der Waals surface area contributed by atoms with Gasteiger partial charge in [-0.15, -0.1) is 0 Å². The van der Waals surface area contributed by atoms with Crippen LogP contribution in [0.15, 0.2) is 91.0 Å². The molecule has 0 fully saturated rings. The van der Waals surface area contributed by atoms with Crippen LogP contribution in [0, 0.1) is 4.77 Å². The van der Waals surface area contributed by atoms with Crippen molar-refractivity contribution in [3.8, 4) is 5.69 Å². The predicted octanol–water partition coefficient (Wildman–Crippen LogP) is 4.87. The van der Waals surface area contributed by atoms with Gasteiger partial charge in [0.25, 0.3) is 0 Å². The molecule has 0 N–H and O–H groups in total. The average molecular weight is 492 g/mol. The number of aryl methyl sites for hydroxylation is 1. The maximum atomic E-state index is 14.7. The summed E-state index contributed by atoms with van der Waals surface area (Å²) in [6, 6.07) is 28.6. The lowest BCUT2D eigenvalue weighted by molar-refractivity contribution is -0.143. The minimum Gasteiger partial charge on any atom is -0.466 e. The van der Waals surface area contributed by atoms with Gasteiger partial charge in [-0.2, -0.15) is 5.10 Å². The van der Waals surface area contributed by atoms with Gasteiger partial charge in [-0.05, 0) is 31.3 Å². The average Bonchev–Trinajstić information content (AvgIpc) is 3.18. The van der Waals surface area contributed by atoms with Crippen LogP contribution in [-0.2, 0) is 26.8 Å². The lowest BCUT2D eigenvalue weighted by Gasteiger charge is -2.19. The first-order chi connectivity index (χ1) is 16.5. The second-order valence-electron chi connectivity index (χ2n) is 7.72. The summed E-state index contributed by atoms with van der Waals surface area (Å²) in [4.78, 5) is 11.9. The standard InChI is InChI=1S/C26H26N3O3PS/c1-2-32-25(30)18-19-28-26(34)29(21-12-6-3-7-13-21)24(27-28)20-33(31,22-14-8-4-9-15-22)23-16-10-5-11-17-23/h3-17H,2,18-20H2,1H3. The molecule has 6 nitrogen and oxygen atoms in total. The molecule has 0 spiro atoms. The third kappa shape index (κ3) is 5.11. The molecule has 0 saturated heterocycles. The Morgan fingerprint density at radius 3 is 1.97 bits per heavy atom. The molecule has 4 aromatic rings. The highest BCUT2D eigenvalue weighted by atomic mass is 32.1. The van der Waals surface area contributed by atoms with Crippen LogP contribution in [0.25, 0.3) is 5.69 Å². The Balaban J connectivity index is 1.82. The molecule has 8 heteroatoms. The number of benzene rings is 3. The van der Waals surface area contributed by atoms with Gasteiger partial charge in [-0.1, -0.05) is 78.9 Å². The first-order valence-corrected chi connectivity index (χ1v) is 13.4. The van der Waals surface area contributed by atoms with E-state index in [1.54, 1.807) is 11.6 Å². The van der Waals surface area contributed by atoms with E-state index in [-0.39, 0.29) is 25.1 Å². The molecule has 34 heavy (non-hydrogen) atoms. The summed E-state index contributed by atoms with van der Waals surface area (Å²) in [6.07, 6.45) is 0.342. The minimum atomic E-state index is -3.08. The molecule has 0 aliphatic rings. The van der Waals surface area contributed by atoms with Crippen molar-refractivity contribution in [3.05, 3.63) is 102 Å². The number of esters is 1. The number of carbonyl (C=O) groups is 1. The maximum Gasteiger partial charge on any atom is 0.307 e. The van der Waals surface area contributed by atoms with E-state index in [0.717, 1.165) is 16.3 Å². The SMILES string of the molecule is CCOC(=O)CCn1nc(CP(=O)(c2ccccc2)c2ccccc2)n(-c2ccccc2)c1=S. The van der Waals surface area contributed by atoms with Crippen molar-refractivity contribution in [2.75, 3.05) is 6.61 Å². The van der Waals surface area contributed by atoms with Gasteiger partial charge in [0.05, 0.1) is 25.7 Å². The van der Waals surface area contributed by atoms with Crippen molar-refractivity contribution in [2.24, 2.45) is 0 Å². The lowest BCUT2D eigenvalue weighted by atomic mass is 10.3. The Labute approximate surface area is 204 Å². The molecule has 1 heterocycles. The Hall–Kier alpha value is -3.28. The third-order valence-corrected chi connectivity index (χ3v) is 8.85. The van der Waals surface area contributed by atoms with E-state index in [0.29, 0.717) is 17.2 Å². The molecule has 0 atom stereocenters. The normalized spacial score (nSPS) is 11.3. The van der Waals surface area contributed by atoms with Gasteiger partial charge < -0.3 is 9.30 Å². The van der Waals surface area contributed by atoms with Gasteiger partial charge in [0.2, 0.25) is 4.77 Å². The Kier molecular flexibility index (Phi) is 7.56. The minimum absolute atomic E-state index is 0.155. The zero-order valence-corrected chi connectivity index (χ0v) is 20.6. The molecular weight excluding hydrogens is 465 g/mol. The number of hydrogen-bond acceptors (Lipinski definition) is 5. The first kappa shape index (κ1) is 23.9. The summed E-state index contributed by atoms with van der Waals surface area (Å²) >= 11 is 5.76. The molecule has 3 aromatic carbocycles. The number of carbonyl (C=O) groups excluding carboxylic acids is 1. The zero-order chi connectivity index (χ0) is 24.0. The van der Waals surface area contributed by atoms with Gasteiger partial charge >= 0.3 is 5.97 Å². The van der Waals surface area contributed by atoms with Crippen molar-refractivity contribution in [1.29, 1.82) is 0 Å². The van der Waals surface area contributed by atoms with E-state index in [4.69, 9.17) is 22.1 Å². The van der Waals surface area contributed by atoms with Crippen LogP contribution in [0.1, 0.15) is 19.2 Å². The van der Waals surface area contributed by atoms with Crippen molar-refractivity contribution < 1.29 is 14.1 Å². The number of nitrogens with zero attached hydrogens (tertiary/aromatic N) is 3. The van der Waals surface area contributed by atoms with Gasteiger partial charge in [-0.3, -0.25) is 9.36 Å². The number of hydrogen-bond donors (Lipinski definition) is 0. The fraction of sp³-hybridized carbons (Fsp3) is 0.192. The summed E-state index contributed by atoms with van der Waals surface area (Å²) in [5.41, 5.74) is 0.831. The van der Waals surface area contributed by atoms with E-state index in [1.807, 2.05) is 95.6 Å². The largest absolute Gasteiger partial charge is 0.466 e. The van der Waals surface area contributed by atoms with Crippen molar-refractivity contribution in [3.63, 3.8) is 0 Å². The Morgan fingerprint density at radius 2 is 1.44 bits per heavy atom. The zero-order valence-electron chi connectivity index (χ0n) is 18.9. The summed E-state index contributed by atoms with van der Waals surface area (Å²) in [7, 11) is -3.08. The van der Waals surface area contributed by atoms with Crippen LogP contribution < -0.4 is 10.6 Å². The highest BCUT2D eigenvalue weighted by Gasteiger charge is 2.30. The molecule has 0 aliphatic heterocycles. The van der Waals surface area contributed by atoms with E-state index >= 15 is 0 Å². The van der Waals surface area contributed by atoms with E-state index < -0.39 is 7.14 Å². The first-order valence-electron chi connectivity index (χ1n) is 11.1. The van der Waals surface area contributed by atoms with Crippen LogP contribution in [0.3, 0.4) is 0 Å². The number of ether oxygens (including phenoxy) is 1. The van der Waals surface area contributed by atoms with Crippen molar-refractivity contribution in [1.82, 2.24) is 14.3 Å². The van der Waals surface area contributed by atoms with Crippen molar-refractivity contribution >= 4 is 35.9 Å². The summed E-state index contributed by atoms with van der Waals surface area (Å²) in [5.74, 6) is 0.274. The van der Waals surface area contributed by atoms with E-state index in [1.165, 1.54) is 0 Å². The smallest absolute Gasteiger partial charge is 0.307 e. The monoisotopic (exact) mass is 491 g/mol. The van der Waals surface area contributed by atoms with E-state index in [2.05, 4.69) is 0 Å². The van der Waals surface area contributed by atoms with Gasteiger partial charge in [0.15, 0.2) is 7.14 Å². The highest BCUT2D eigenvalue weighted by Crippen LogP contribution is 2.46. The number of para-hydroxylation sites is 1.